The Morgan fingerprint density at radius 3 is 2.19 bits per heavy atom. The second kappa shape index (κ2) is 6.48. The fraction of sp³-hybridized carbons (Fsp3) is 0.818. The van der Waals surface area contributed by atoms with Crippen LogP contribution >= 0.6 is 0 Å². The molecule has 0 aromatic rings. The van der Waals surface area contributed by atoms with E-state index in [1.165, 1.54) is 11.9 Å². The molecular weight excluding hydrogens is 208 g/mol. The second-order valence-corrected chi connectivity index (χ2v) is 4.45. The molecule has 2 atom stereocenters. The van der Waals surface area contributed by atoms with Crippen LogP contribution in [0.5, 0.6) is 0 Å². The Kier molecular flexibility index (Phi) is 6.03. The number of carbonyl (C=O) groups is 2. The number of carboxylic acids is 1. The lowest BCUT2D eigenvalue weighted by Gasteiger charge is -2.27. The van der Waals surface area contributed by atoms with Gasteiger partial charge in [0.25, 0.3) is 0 Å². The zero-order chi connectivity index (χ0) is 12.9. The van der Waals surface area contributed by atoms with Gasteiger partial charge in [0, 0.05) is 7.05 Å². The molecule has 0 spiro atoms. The Hall–Kier alpha value is -1.10. The first-order valence-corrected chi connectivity index (χ1v) is 5.56. The molecule has 94 valence electrons. The third-order valence-electron chi connectivity index (χ3n) is 2.53. The van der Waals surface area contributed by atoms with Gasteiger partial charge in [0.1, 0.15) is 6.04 Å². The van der Waals surface area contributed by atoms with E-state index >= 15 is 0 Å². The molecule has 5 heteroatoms. The quantitative estimate of drug-likeness (QED) is 0.703. The first-order valence-electron chi connectivity index (χ1n) is 5.56. The lowest BCUT2D eigenvalue weighted by Crippen LogP contribution is -2.49. The molecule has 1 amide bonds. The summed E-state index contributed by atoms with van der Waals surface area (Å²) in [7, 11) is 1.49. The van der Waals surface area contributed by atoms with E-state index in [0.29, 0.717) is 18.8 Å². The molecule has 0 fully saturated rings. The number of aliphatic carboxylic acids is 1. The number of rotatable bonds is 6. The average molecular weight is 230 g/mol. The van der Waals surface area contributed by atoms with Gasteiger partial charge < -0.3 is 15.7 Å². The lowest BCUT2D eigenvalue weighted by molar-refractivity contribution is -0.149. The lowest BCUT2D eigenvalue weighted by atomic mass is 10.0. The third-order valence-corrected chi connectivity index (χ3v) is 2.53. The molecule has 0 saturated carbocycles. The standard InChI is InChI=1S/C11H22N2O3/c1-5-9(11(15)16)13(4)10(14)8(12)6-7(2)3/h7-9H,5-6,12H2,1-4H3,(H,15,16)/t8-,9?/m1/s1. The van der Waals surface area contributed by atoms with Gasteiger partial charge >= 0.3 is 5.97 Å². The van der Waals surface area contributed by atoms with Gasteiger partial charge in [-0.2, -0.15) is 0 Å². The number of nitrogens with zero attached hydrogens (tertiary/aromatic N) is 1. The van der Waals surface area contributed by atoms with Crippen LogP contribution in [0.15, 0.2) is 0 Å². The fourth-order valence-electron chi connectivity index (χ4n) is 1.64. The number of hydrogen-bond acceptors (Lipinski definition) is 3. The largest absolute Gasteiger partial charge is 0.480 e. The van der Waals surface area contributed by atoms with Crippen molar-refractivity contribution in [3.05, 3.63) is 0 Å². The summed E-state index contributed by atoms with van der Waals surface area (Å²) in [4.78, 5) is 23.9. The molecule has 16 heavy (non-hydrogen) atoms. The van der Waals surface area contributed by atoms with E-state index in [1.54, 1.807) is 6.92 Å². The predicted octanol–water partition coefficient (Wildman–Crippen LogP) is 0.681. The molecule has 0 aromatic carbocycles. The normalized spacial score (nSPS) is 14.6. The zero-order valence-electron chi connectivity index (χ0n) is 10.4. The van der Waals surface area contributed by atoms with Crippen LogP contribution in [0.2, 0.25) is 0 Å². The summed E-state index contributed by atoms with van der Waals surface area (Å²) < 4.78 is 0. The van der Waals surface area contributed by atoms with Crippen LogP contribution in [-0.4, -0.2) is 41.0 Å². The van der Waals surface area contributed by atoms with E-state index in [4.69, 9.17) is 10.8 Å². The number of carbonyl (C=O) groups excluding carboxylic acids is 1. The van der Waals surface area contributed by atoms with E-state index in [-0.39, 0.29) is 5.91 Å². The van der Waals surface area contributed by atoms with Crippen molar-refractivity contribution < 1.29 is 14.7 Å². The molecule has 0 heterocycles. The summed E-state index contributed by atoms with van der Waals surface area (Å²) in [6.45, 7) is 5.68. The van der Waals surface area contributed by atoms with Gasteiger partial charge in [-0.1, -0.05) is 20.8 Å². The minimum atomic E-state index is -0.991. The van der Waals surface area contributed by atoms with Gasteiger partial charge in [-0.25, -0.2) is 4.79 Å². The highest BCUT2D eigenvalue weighted by molar-refractivity contribution is 5.86. The van der Waals surface area contributed by atoms with Crippen LogP contribution in [0.1, 0.15) is 33.6 Å². The van der Waals surface area contributed by atoms with E-state index < -0.39 is 18.1 Å². The number of amides is 1. The van der Waals surface area contributed by atoms with Crippen molar-refractivity contribution in [2.45, 2.75) is 45.7 Å². The monoisotopic (exact) mass is 230 g/mol. The second-order valence-electron chi connectivity index (χ2n) is 4.45. The summed E-state index contributed by atoms with van der Waals surface area (Å²) in [5.41, 5.74) is 5.73. The summed E-state index contributed by atoms with van der Waals surface area (Å²) in [5.74, 6) is -0.977. The summed E-state index contributed by atoms with van der Waals surface area (Å²) in [6.07, 6.45) is 0.950. The first kappa shape index (κ1) is 14.9. The summed E-state index contributed by atoms with van der Waals surface area (Å²) in [6, 6.07) is -1.40. The highest BCUT2D eigenvalue weighted by atomic mass is 16.4. The van der Waals surface area contributed by atoms with Crippen LogP contribution in [0.25, 0.3) is 0 Å². The molecule has 0 bridgehead atoms. The number of nitrogens with two attached hydrogens (primary N) is 1. The minimum absolute atomic E-state index is 0.303. The van der Waals surface area contributed by atoms with Crippen molar-refractivity contribution in [2.75, 3.05) is 7.05 Å². The zero-order valence-corrected chi connectivity index (χ0v) is 10.4. The van der Waals surface area contributed by atoms with Crippen LogP contribution in [-0.2, 0) is 9.59 Å². The van der Waals surface area contributed by atoms with Crippen LogP contribution in [0, 0.1) is 5.92 Å². The SMILES string of the molecule is CCC(C(=O)O)N(C)C(=O)[C@H](N)CC(C)C. The molecule has 0 radical (unpaired) electrons. The minimum Gasteiger partial charge on any atom is -0.480 e. The van der Waals surface area contributed by atoms with Crippen LogP contribution in [0.4, 0.5) is 0 Å². The van der Waals surface area contributed by atoms with E-state index in [9.17, 15) is 9.59 Å². The first-order chi connectivity index (χ1) is 7.31. The molecule has 0 aliphatic heterocycles. The van der Waals surface area contributed by atoms with Crippen molar-refractivity contribution in [2.24, 2.45) is 11.7 Å². The smallest absolute Gasteiger partial charge is 0.326 e. The topological polar surface area (TPSA) is 83.6 Å². The molecule has 5 nitrogen and oxygen atoms in total. The summed E-state index contributed by atoms with van der Waals surface area (Å²) >= 11 is 0. The van der Waals surface area contributed by atoms with E-state index in [1.807, 2.05) is 13.8 Å². The van der Waals surface area contributed by atoms with Gasteiger partial charge in [0.15, 0.2) is 0 Å². The van der Waals surface area contributed by atoms with Gasteiger partial charge in [0.05, 0.1) is 6.04 Å². The van der Waals surface area contributed by atoms with Crippen molar-refractivity contribution in [1.82, 2.24) is 4.90 Å². The maximum atomic E-state index is 11.8. The Morgan fingerprint density at radius 1 is 1.38 bits per heavy atom. The summed E-state index contributed by atoms with van der Waals surface area (Å²) in [5, 5.41) is 8.92. The van der Waals surface area contributed by atoms with Crippen LogP contribution in [0.3, 0.4) is 0 Å². The van der Waals surface area contributed by atoms with E-state index in [2.05, 4.69) is 0 Å². The number of carboxylic acid groups (broad SMARTS) is 1. The van der Waals surface area contributed by atoms with Gasteiger partial charge in [0.2, 0.25) is 5.91 Å². The molecule has 0 saturated heterocycles. The number of likely N-dealkylation sites (N-methyl/N-ethyl adjacent to an activating group) is 1. The van der Waals surface area contributed by atoms with Crippen molar-refractivity contribution in [3.8, 4) is 0 Å². The van der Waals surface area contributed by atoms with Gasteiger partial charge in [-0.3, -0.25) is 4.79 Å². The molecule has 1 unspecified atom stereocenters. The highest BCUT2D eigenvalue weighted by Gasteiger charge is 2.28. The van der Waals surface area contributed by atoms with Gasteiger partial charge in [-0.15, -0.1) is 0 Å². The van der Waals surface area contributed by atoms with Crippen molar-refractivity contribution in [3.63, 3.8) is 0 Å². The maximum absolute atomic E-state index is 11.8. The Balaban J connectivity index is 4.52. The van der Waals surface area contributed by atoms with Crippen LogP contribution < -0.4 is 5.73 Å². The predicted molar refractivity (Wildman–Crippen MR) is 61.9 cm³/mol. The molecular formula is C11H22N2O3. The van der Waals surface area contributed by atoms with Gasteiger partial charge in [-0.05, 0) is 18.8 Å². The molecule has 0 aliphatic carbocycles. The molecule has 0 aliphatic rings. The Bertz CT molecular complexity index is 254. The van der Waals surface area contributed by atoms with Crippen molar-refractivity contribution in [1.29, 1.82) is 0 Å². The fourth-order valence-corrected chi connectivity index (χ4v) is 1.64. The van der Waals surface area contributed by atoms with E-state index in [0.717, 1.165) is 0 Å². The Labute approximate surface area is 96.6 Å². The molecule has 0 rings (SSSR count). The molecule has 0 aromatic heterocycles. The van der Waals surface area contributed by atoms with Crippen molar-refractivity contribution >= 4 is 11.9 Å². The highest BCUT2D eigenvalue weighted by Crippen LogP contribution is 2.09. The third kappa shape index (κ3) is 4.18. The molecule has 3 N–H and O–H groups in total. The average Bonchev–Trinajstić information content (AvgIpc) is 2.15. The number of hydrogen-bond donors (Lipinski definition) is 2. The Morgan fingerprint density at radius 2 is 1.88 bits per heavy atom. The maximum Gasteiger partial charge on any atom is 0.326 e.